The Hall–Kier alpha value is -4.12. The molecule has 0 saturated carbocycles. The maximum atomic E-state index is 11.3. The second-order valence-electron chi connectivity index (χ2n) is 11.1. The first kappa shape index (κ1) is 41.1. The van der Waals surface area contributed by atoms with Crippen molar-refractivity contribution >= 4 is 51.9 Å². The van der Waals surface area contributed by atoms with Crippen molar-refractivity contribution in [1.82, 2.24) is 45.4 Å². The van der Waals surface area contributed by atoms with E-state index in [9.17, 15) is 19.2 Å². The lowest BCUT2D eigenvalue weighted by atomic mass is 10.4. The monoisotopic (exact) mass is 720 g/mol. The number of hydrogen-bond donors (Lipinski definition) is 5. The Morgan fingerprint density at radius 3 is 1.84 bits per heavy atom. The van der Waals surface area contributed by atoms with Crippen LogP contribution in [0.3, 0.4) is 0 Å². The first-order valence-electron chi connectivity index (χ1n) is 16.7. The fourth-order valence-corrected chi connectivity index (χ4v) is 6.58. The SMILES string of the molecule is CC(=O)NCC(=O)N1CCCC1.CCC.CCC.COC(=O)NCC(=O)N1CCCC1.c1ncc(-c2nc3c(s2)NC(c2cnc[nH]2)S3)[nH]1. The molecule has 2 fully saturated rings. The molecule has 3 aliphatic rings. The highest BCUT2D eigenvalue weighted by molar-refractivity contribution is 8.00. The van der Waals surface area contributed by atoms with Gasteiger partial charge < -0.3 is 40.5 Å². The van der Waals surface area contributed by atoms with E-state index >= 15 is 0 Å². The molecule has 17 heteroatoms. The van der Waals surface area contributed by atoms with E-state index in [-0.39, 0.29) is 36.2 Å². The number of thioether (sulfide) groups is 1. The molecule has 2 saturated heterocycles. The van der Waals surface area contributed by atoms with E-state index in [2.05, 4.69) is 73.3 Å². The molecule has 3 aliphatic heterocycles. The van der Waals surface area contributed by atoms with Crippen LogP contribution in [0.1, 0.15) is 84.2 Å². The molecule has 0 aliphatic carbocycles. The number of fused-ring (bicyclic) bond motifs is 1. The molecule has 272 valence electrons. The molecule has 0 radical (unpaired) electrons. The summed E-state index contributed by atoms with van der Waals surface area (Å²) in [5.41, 5.74) is 2.02. The third-order valence-electron chi connectivity index (χ3n) is 6.59. The molecule has 1 unspecified atom stereocenters. The molecule has 0 spiro atoms. The maximum Gasteiger partial charge on any atom is 0.407 e. The number of carbonyl (C=O) groups is 4. The molecular weight excluding hydrogens is 669 g/mol. The summed E-state index contributed by atoms with van der Waals surface area (Å²) in [5, 5.41) is 11.6. The number of H-pyrrole nitrogens is 2. The van der Waals surface area contributed by atoms with Gasteiger partial charge in [-0.05, 0) is 25.7 Å². The molecule has 15 nitrogen and oxygen atoms in total. The number of nitrogens with one attached hydrogen (secondary N) is 5. The van der Waals surface area contributed by atoms with Crippen molar-refractivity contribution in [3.8, 4) is 10.7 Å². The third kappa shape index (κ3) is 14.9. The number of hydrogen-bond acceptors (Lipinski definition) is 11. The normalized spacial score (nSPS) is 15.3. The van der Waals surface area contributed by atoms with E-state index in [4.69, 9.17) is 0 Å². The highest BCUT2D eigenvalue weighted by Crippen LogP contribution is 2.49. The molecule has 4 amide bonds. The Kier molecular flexibility index (Phi) is 19.5. The van der Waals surface area contributed by atoms with Gasteiger partial charge in [0.15, 0.2) is 0 Å². The van der Waals surface area contributed by atoms with Crippen LogP contribution < -0.4 is 16.0 Å². The summed E-state index contributed by atoms with van der Waals surface area (Å²) in [5.74, 6) is -0.159. The number of alkyl carbamates (subject to hydrolysis) is 1. The van der Waals surface area contributed by atoms with Crippen LogP contribution >= 0.6 is 23.1 Å². The fraction of sp³-hybridized carbons (Fsp3) is 0.594. The predicted molar refractivity (Wildman–Crippen MR) is 193 cm³/mol. The minimum absolute atomic E-state index is 0.0303. The number of nitrogens with zero attached hydrogens (tertiary/aromatic N) is 5. The minimum Gasteiger partial charge on any atom is -0.453 e. The number of rotatable bonds is 6. The van der Waals surface area contributed by atoms with Crippen molar-refractivity contribution < 1.29 is 23.9 Å². The Morgan fingerprint density at radius 1 is 0.857 bits per heavy atom. The van der Waals surface area contributed by atoms with Gasteiger partial charge in [-0.3, -0.25) is 14.4 Å². The Morgan fingerprint density at radius 2 is 1.39 bits per heavy atom. The zero-order valence-corrected chi connectivity index (χ0v) is 31.1. The van der Waals surface area contributed by atoms with E-state index in [0.717, 1.165) is 78.3 Å². The molecule has 0 aromatic carbocycles. The number of aromatic nitrogens is 5. The summed E-state index contributed by atoms with van der Waals surface area (Å²) in [6.45, 7) is 13.4. The molecule has 3 aromatic rings. The second-order valence-corrected chi connectivity index (χ2v) is 13.2. The largest absolute Gasteiger partial charge is 0.453 e. The van der Waals surface area contributed by atoms with Crippen molar-refractivity contribution in [2.75, 3.05) is 51.7 Å². The van der Waals surface area contributed by atoms with E-state index < -0.39 is 6.09 Å². The van der Waals surface area contributed by atoms with Crippen molar-refractivity contribution in [3.63, 3.8) is 0 Å². The van der Waals surface area contributed by atoms with Crippen LogP contribution in [-0.2, 0) is 19.1 Å². The average Bonchev–Trinajstić information content (AvgIpc) is 3.93. The number of imidazole rings is 2. The number of thiazole rings is 1. The first-order chi connectivity index (χ1) is 23.7. The van der Waals surface area contributed by atoms with Crippen LogP contribution in [0.15, 0.2) is 30.1 Å². The molecule has 6 heterocycles. The lowest BCUT2D eigenvalue weighted by Crippen LogP contribution is -2.38. The van der Waals surface area contributed by atoms with Gasteiger partial charge in [0, 0.05) is 33.1 Å². The quantitative estimate of drug-likeness (QED) is 0.231. The minimum atomic E-state index is -0.562. The van der Waals surface area contributed by atoms with Crippen molar-refractivity contribution in [2.24, 2.45) is 0 Å². The van der Waals surface area contributed by atoms with Gasteiger partial charge in [-0.2, -0.15) is 0 Å². The van der Waals surface area contributed by atoms with Gasteiger partial charge in [0.05, 0.1) is 50.1 Å². The summed E-state index contributed by atoms with van der Waals surface area (Å²) in [6.07, 6.45) is 13.2. The topological polar surface area (TPSA) is 190 Å². The Labute approximate surface area is 297 Å². The van der Waals surface area contributed by atoms with E-state index in [0.29, 0.717) is 0 Å². The Balaban J connectivity index is 0.000000242. The molecule has 0 bridgehead atoms. The van der Waals surface area contributed by atoms with Crippen LogP contribution in [0, 0.1) is 0 Å². The summed E-state index contributed by atoms with van der Waals surface area (Å²) in [7, 11) is 1.27. The van der Waals surface area contributed by atoms with Gasteiger partial charge in [0.1, 0.15) is 27.0 Å². The Bertz CT molecular complexity index is 1350. The van der Waals surface area contributed by atoms with E-state index in [1.165, 1.54) is 26.9 Å². The number of ether oxygens (including phenoxy) is 1. The fourth-order valence-electron chi connectivity index (χ4n) is 4.35. The standard InChI is InChI=1S/C10H8N6S2.C8H14N2O3.C8H14N2O2.2C3H8/c1-5(13-3-11-1)7-15-9-10(17-7)16-8(18-9)6-2-12-4-14-6;1-13-8(12)9-6-7(11)10-4-2-3-5-10;1-7(11)9-6-8(12)10-4-2-3-5-10;2*1-3-2/h1-4,7,15H,(H,11,13)(H,12,14);2-6H2,1H3,(H,9,12);2-6H2,1H3,(H,9,11);2*3H2,1-2H3. The molecule has 1 atom stereocenters. The highest BCUT2D eigenvalue weighted by atomic mass is 32.2. The van der Waals surface area contributed by atoms with E-state index in [1.807, 2.05) is 6.20 Å². The van der Waals surface area contributed by atoms with E-state index in [1.54, 1.807) is 51.7 Å². The maximum absolute atomic E-state index is 11.3. The summed E-state index contributed by atoms with van der Waals surface area (Å²) in [6, 6.07) is 0. The van der Waals surface area contributed by atoms with Gasteiger partial charge in [-0.25, -0.2) is 19.7 Å². The number of amides is 4. The summed E-state index contributed by atoms with van der Waals surface area (Å²) >= 11 is 3.33. The zero-order chi connectivity index (χ0) is 36.0. The zero-order valence-electron chi connectivity index (χ0n) is 29.5. The average molecular weight is 721 g/mol. The van der Waals surface area contributed by atoms with Gasteiger partial charge in [-0.1, -0.05) is 63.6 Å². The number of carbonyl (C=O) groups excluding carboxylic acids is 4. The summed E-state index contributed by atoms with van der Waals surface area (Å²) < 4.78 is 4.34. The number of anilines is 1. The lowest BCUT2D eigenvalue weighted by molar-refractivity contribution is -0.131. The van der Waals surface area contributed by atoms with Crippen LogP contribution in [0.25, 0.3) is 10.7 Å². The van der Waals surface area contributed by atoms with Gasteiger partial charge in [-0.15, -0.1) is 0 Å². The number of likely N-dealkylation sites (tertiary alicyclic amines) is 2. The molecule has 6 rings (SSSR count). The predicted octanol–water partition coefficient (Wildman–Crippen LogP) is 5.02. The summed E-state index contributed by atoms with van der Waals surface area (Å²) in [4.78, 5) is 66.0. The van der Waals surface area contributed by atoms with Crippen molar-refractivity contribution in [3.05, 3.63) is 30.7 Å². The smallest absolute Gasteiger partial charge is 0.407 e. The van der Waals surface area contributed by atoms with Crippen LogP contribution in [0.2, 0.25) is 0 Å². The number of aromatic amines is 2. The number of methoxy groups -OCH3 is 1. The van der Waals surface area contributed by atoms with Crippen LogP contribution in [-0.4, -0.2) is 105 Å². The van der Waals surface area contributed by atoms with Gasteiger partial charge in [0.2, 0.25) is 17.7 Å². The van der Waals surface area contributed by atoms with Crippen molar-refractivity contribution in [1.29, 1.82) is 0 Å². The lowest BCUT2D eigenvalue weighted by Gasteiger charge is -2.14. The van der Waals surface area contributed by atoms with Crippen LogP contribution in [0.5, 0.6) is 0 Å². The molecule has 5 N–H and O–H groups in total. The second kappa shape index (κ2) is 23.3. The molecule has 3 aromatic heterocycles. The van der Waals surface area contributed by atoms with Crippen molar-refractivity contribution in [2.45, 2.75) is 83.5 Å². The third-order valence-corrected chi connectivity index (χ3v) is 8.87. The highest BCUT2D eigenvalue weighted by Gasteiger charge is 2.28. The molecule has 49 heavy (non-hydrogen) atoms. The molecular formula is C32H52N10O5S2. The first-order valence-corrected chi connectivity index (χ1v) is 18.4. The van der Waals surface area contributed by atoms with Gasteiger partial charge in [0.25, 0.3) is 0 Å². The van der Waals surface area contributed by atoms with Gasteiger partial charge >= 0.3 is 6.09 Å². The van der Waals surface area contributed by atoms with Crippen LogP contribution in [0.4, 0.5) is 9.80 Å².